The third-order valence-electron chi connectivity index (χ3n) is 4.52. The summed E-state index contributed by atoms with van der Waals surface area (Å²) in [6.07, 6.45) is 1.38. The highest BCUT2D eigenvalue weighted by atomic mass is 16.5. The molecular weight excluding hydrogens is 398 g/mol. The molecule has 0 bridgehead atoms. The van der Waals surface area contributed by atoms with E-state index in [1.165, 1.54) is 10.7 Å². The maximum absolute atomic E-state index is 12.8. The van der Waals surface area contributed by atoms with Crippen molar-refractivity contribution >= 4 is 34.7 Å². The van der Waals surface area contributed by atoms with Crippen LogP contribution in [0.4, 0.5) is 17.2 Å². The third kappa shape index (κ3) is 4.61. The van der Waals surface area contributed by atoms with Crippen LogP contribution in [0.2, 0.25) is 0 Å². The number of carbonyl (C=O) groups excluding carboxylic acids is 1. The molecule has 0 aliphatic rings. The van der Waals surface area contributed by atoms with Gasteiger partial charge in [-0.15, -0.1) is 5.10 Å². The molecule has 31 heavy (non-hydrogen) atoms. The van der Waals surface area contributed by atoms with Crippen LogP contribution in [-0.4, -0.2) is 38.7 Å². The Morgan fingerprint density at radius 3 is 2.39 bits per heavy atom. The van der Waals surface area contributed by atoms with Crippen LogP contribution < -0.4 is 15.4 Å². The summed E-state index contributed by atoms with van der Waals surface area (Å²) in [6.45, 7) is 0. The van der Waals surface area contributed by atoms with Crippen molar-refractivity contribution in [1.82, 2.24) is 14.6 Å². The minimum Gasteiger partial charge on any atom is -0.497 e. The number of nitrogens with one attached hydrogen (secondary N) is 2. The minimum atomic E-state index is -0.910. The van der Waals surface area contributed by atoms with E-state index in [1.54, 1.807) is 43.5 Å². The lowest BCUT2D eigenvalue weighted by Gasteiger charge is -2.08. The van der Waals surface area contributed by atoms with E-state index in [0.717, 1.165) is 11.4 Å². The van der Waals surface area contributed by atoms with Crippen molar-refractivity contribution in [3.05, 3.63) is 78.1 Å². The number of amides is 1. The monoisotopic (exact) mass is 417 g/mol. The van der Waals surface area contributed by atoms with Crippen molar-refractivity contribution < 1.29 is 19.4 Å². The molecule has 0 spiro atoms. The first kappa shape index (κ1) is 19.9. The van der Waals surface area contributed by atoms with Crippen LogP contribution in [0.5, 0.6) is 5.75 Å². The molecule has 0 fully saturated rings. The second-order valence-electron chi connectivity index (χ2n) is 6.71. The maximum Gasteiger partial charge on any atom is 0.307 e. The summed E-state index contributed by atoms with van der Waals surface area (Å²) in [6, 6.07) is 17.6. The van der Waals surface area contributed by atoms with E-state index in [2.05, 4.69) is 20.7 Å². The molecule has 0 aliphatic carbocycles. The zero-order chi connectivity index (χ0) is 21.8. The lowest BCUT2D eigenvalue weighted by molar-refractivity contribution is -0.136. The van der Waals surface area contributed by atoms with Gasteiger partial charge in [-0.2, -0.15) is 0 Å². The molecule has 0 radical (unpaired) electrons. The quantitative estimate of drug-likeness (QED) is 0.422. The number of carbonyl (C=O) groups is 2. The number of methoxy groups -OCH3 is 1. The van der Waals surface area contributed by atoms with Crippen LogP contribution in [0.25, 0.3) is 5.65 Å². The molecule has 2 aromatic carbocycles. The Morgan fingerprint density at radius 1 is 1.00 bits per heavy atom. The summed E-state index contributed by atoms with van der Waals surface area (Å²) in [4.78, 5) is 27.8. The summed E-state index contributed by atoms with van der Waals surface area (Å²) >= 11 is 0. The Balaban J connectivity index is 1.52. The number of hydrogen-bond donors (Lipinski definition) is 3. The van der Waals surface area contributed by atoms with Crippen molar-refractivity contribution in [2.24, 2.45) is 0 Å². The molecule has 0 atom stereocenters. The molecule has 2 heterocycles. The largest absolute Gasteiger partial charge is 0.497 e. The highest BCUT2D eigenvalue weighted by Gasteiger charge is 2.14. The number of carboxylic acid groups (broad SMARTS) is 1. The molecule has 0 saturated heterocycles. The van der Waals surface area contributed by atoms with Gasteiger partial charge in [0.2, 0.25) is 0 Å². The number of aliphatic carboxylic acids is 1. The Morgan fingerprint density at radius 2 is 1.71 bits per heavy atom. The number of benzene rings is 2. The van der Waals surface area contributed by atoms with E-state index in [4.69, 9.17) is 9.84 Å². The average molecular weight is 417 g/mol. The van der Waals surface area contributed by atoms with Gasteiger partial charge in [0.1, 0.15) is 5.75 Å². The predicted octanol–water partition coefficient (Wildman–Crippen LogP) is 3.36. The Labute approximate surface area is 177 Å². The first-order valence-electron chi connectivity index (χ1n) is 9.40. The van der Waals surface area contributed by atoms with Crippen molar-refractivity contribution in [2.75, 3.05) is 17.7 Å². The topological polar surface area (TPSA) is 118 Å². The van der Waals surface area contributed by atoms with Crippen molar-refractivity contribution in [3.63, 3.8) is 0 Å². The van der Waals surface area contributed by atoms with Crippen LogP contribution in [0, 0.1) is 0 Å². The molecule has 4 aromatic rings. The van der Waals surface area contributed by atoms with E-state index >= 15 is 0 Å². The van der Waals surface area contributed by atoms with Gasteiger partial charge in [-0.05, 0) is 54.1 Å². The average Bonchev–Trinajstić information content (AvgIpc) is 3.19. The molecule has 3 N–H and O–H groups in total. The van der Waals surface area contributed by atoms with Crippen molar-refractivity contribution in [2.45, 2.75) is 6.42 Å². The molecule has 156 valence electrons. The van der Waals surface area contributed by atoms with Gasteiger partial charge in [0.15, 0.2) is 17.2 Å². The summed E-state index contributed by atoms with van der Waals surface area (Å²) in [5, 5.41) is 19.3. The van der Waals surface area contributed by atoms with E-state index in [0.29, 0.717) is 22.7 Å². The lowest BCUT2D eigenvalue weighted by Crippen LogP contribution is -2.15. The molecule has 0 unspecified atom stereocenters. The van der Waals surface area contributed by atoms with E-state index in [1.807, 2.05) is 24.3 Å². The Hall–Kier alpha value is -4.40. The maximum atomic E-state index is 12.8. The standard InChI is InChI=1S/C22H19N5O4/c1-31-17-8-6-15(7-9-17)24-19-10-11-20-23-13-18(27(20)26-19)22(30)25-16-4-2-14(3-5-16)12-21(28)29/h2-11,13H,12H2,1H3,(H,24,26)(H,25,30)(H,28,29). The van der Waals surface area contributed by atoms with Gasteiger partial charge >= 0.3 is 5.97 Å². The fourth-order valence-corrected chi connectivity index (χ4v) is 2.99. The summed E-state index contributed by atoms with van der Waals surface area (Å²) < 4.78 is 6.61. The highest BCUT2D eigenvalue weighted by Crippen LogP contribution is 2.19. The Kier molecular flexibility index (Phi) is 5.48. The summed E-state index contributed by atoms with van der Waals surface area (Å²) in [5.41, 5.74) is 2.81. The number of nitrogens with zero attached hydrogens (tertiary/aromatic N) is 3. The van der Waals surface area contributed by atoms with Crippen LogP contribution in [0.1, 0.15) is 16.1 Å². The molecule has 9 heteroatoms. The molecule has 0 aliphatic heterocycles. The van der Waals surface area contributed by atoms with Gasteiger partial charge in [-0.1, -0.05) is 12.1 Å². The van der Waals surface area contributed by atoms with Gasteiger partial charge in [0, 0.05) is 11.4 Å². The molecule has 1 amide bonds. The number of anilines is 3. The number of imidazole rings is 1. The van der Waals surface area contributed by atoms with Gasteiger partial charge in [0.05, 0.1) is 19.7 Å². The van der Waals surface area contributed by atoms with Gasteiger partial charge in [-0.3, -0.25) is 9.59 Å². The van der Waals surface area contributed by atoms with E-state index in [9.17, 15) is 9.59 Å². The van der Waals surface area contributed by atoms with Crippen molar-refractivity contribution in [3.8, 4) is 5.75 Å². The number of carboxylic acids is 1. The summed E-state index contributed by atoms with van der Waals surface area (Å²) in [5.74, 6) is 0.00138. The second-order valence-corrected chi connectivity index (χ2v) is 6.71. The van der Waals surface area contributed by atoms with Crippen LogP contribution in [0.15, 0.2) is 66.9 Å². The van der Waals surface area contributed by atoms with E-state index in [-0.39, 0.29) is 18.0 Å². The second kappa shape index (κ2) is 8.54. The van der Waals surface area contributed by atoms with Crippen LogP contribution in [0.3, 0.4) is 0 Å². The van der Waals surface area contributed by atoms with Gasteiger partial charge in [-0.25, -0.2) is 9.50 Å². The minimum absolute atomic E-state index is 0.0740. The number of ether oxygens (including phenoxy) is 1. The number of fused-ring (bicyclic) bond motifs is 1. The number of hydrogen-bond acceptors (Lipinski definition) is 6. The first-order chi connectivity index (χ1) is 15.0. The fraction of sp³-hybridized carbons (Fsp3) is 0.0909. The zero-order valence-corrected chi connectivity index (χ0v) is 16.6. The molecule has 9 nitrogen and oxygen atoms in total. The van der Waals surface area contributed by atoms with Crippen molar-refractivity contribution in [1.29, 1.82) is 0 Å². The molecule has 2 aromatic heterocycles. The number of rotatable bonds is 7. The lowest BCUT2D eigenvalue weighted by atomic mass is 10.1. The van der Waals surface area contributed by atoms with Gasteiger partial charge in [0.25, 0.3) is 5.91 Å². The molecule has 0 saturated carbocycles. The zero-order valence-electron chi connectivity index (χ0n) is 16.6. The SMILES string of the molecule is COc1ccc(Nc2ccc3ncc(C(=O)Nc4ccc(CC(=O)O)cc4)n3n2)cc1. The molecular formula is C22H19N5O4. The first-order valence-corrected chi connectivity index (χ1v) is 9.40. The smallest absolute Gasteiger partial charge is 0.307 e. The van der Waals surface area contributed by atoms with Gasteiger partial charge < -0.3 is 20.5 Å². The molecule has 4 rings (SSSR count). The van der Waals surface area contributed by atoms with Crippen LogP contribution >= 0.6 is 0 Å². The van der Waals surface area contributed by atoms with E-state index < -0.39 is 5.97 Å². The normalized spacial score (nSPS) is 10.6. The Bertz CT molecular complexity index is 1230. The predicted molar refractivity (Wildman–Crippen MR) is 115 cm³/mol. The number of aromatic nitrogens is 3. The third-order valence-corrected chi connectivity index (χ3v) is 4.52. The highest BCUT2D eigenvalue weighted by molar-refractivity contribution is 6.03. The summed E-state index contributed by atoms with van der Waals surface area (Å²) in [7, 11) is 1.61. The fourth-order valence-electron chi connectivity index (χ4n) is 2.99. The van der Waals surface area contributed by atoms with Crippen LogP contribution in [-0.2, 0) is 11.2 Å².